The quantitative estimate of drug-likeness (QED) is 0.384. The summed E-state index contributed by atoms with van der Waals surface area (Å²) in [5, 5.41) is 8.98. The van der Waals surface area contributed by atoms with Crippen LogP contribution in [0.25, 0.3) is 5.70 Å². The third-order valence-electron chi connectivity index (χ3n) is 6.15. The SMILES string of the molecule is COc1ccc([C@H]2C3=C(Nc4nc(SC)nn42)c2ccccc2O[C@H]3c2ccc(F)cc2)cc1. The normalized spacial score (nSPS) is 18.3. The van der Waals surface area contributed by atoms with Crippen LogP contribution in [0.15, 0.2) is 83.5 Å². The number of rotatable bonds is 4. The van der Waals surface area contributed by atoms with Gasteiger partial charge in [0.25, 0.3) is 0 Å². The second kappa shape index (κ2) is 8.22. The van der Waals surface area contributed by atoms with Crippen LogP contribution in [0, 0.1) is 5.82 Å². The Morgan fingerprint density at radius 2 is 1.74 bits per heavy atom. The lowest BCUT2D eigenvalue weighted by molar-refractivity contribution is 0.222. The van der Waals surface area contributed by atoms with Crippen molar-refractivity contribution in [3.05, 3.63) is 101 Å². The molecule has 4 aromatic rings. The van der Waals surface area contributed by atoms with E-state index in [0.29, 0.717) is 11.1 Å². The summed E-state index contributed by atoms with van der Waals surface area (Å²) in [6, 6.07) is 22.1. The van der Waals surface area contributed by atoms with Crippen molar-refractivity contribution in [2.75, 3.05) is 18.7 Å². The van der Waals surface area contributed by atoms with Gasteiger partial charge >= 0.3 is 0 Å². The van der Waals surface area contributed by atoms with Crippen molar-refractivity contribution in [2.24, 2.45) is 0 Å². The van der Waals surface area contributed by atoms with Gasteiger partial charge in [0.05, 0.1) is 12.8 Å². The smallest absolute Gasteiger partial charge is 0.227 e. The van der Waals surface area contributed by atoms with E-state index in [9.17, 15) is 4.39 Å². The molecule has 6 rings (SSSR count). The van der Waals surface area contributed by atoms with Gasteiger partial charge in [-0.15, -0.1) is 5.10 Å². The topological polar surface area (TPSA) is 61.2 Å². The lowest BCUT2D eigenvalue weighted by Crippen LogP contribution is -2.32. The van der Waals surface area contributed by atoms with Crippen molar-refractivity contribution < 1.29 is 13.9 Å². The number of para-hydroxylation sites is 1. The van der Waals surface area contributed by atoms with Gasteiger partial charge in [-0.05, 0) is 53.8 Å². The maximum absolute atomic E-state index is 13.8. The minimum atomic E-state index is -0.444. The summed E-state index contributed by atoms with van der Waals surface area (Å²) in [5.41, 5.74) is 4.75. The molecule has 0 radical (unpaired) electrons. The van der Waals surface area contributed by atoms with Crippen molar-refractivity contribution in [1.82, 2.24) is 14.8 Å². The van der Waals surface area contributed by atoms with E-state index < -0.39 is 6.10 Å². The number of aromatic nitrogens is 3. The van der Waals surface area contributed by atoms with Crippen molar-refractivity contribution in [1.29, 1.82) is 0 Å². The lowest BCUT2D eigenvalue weighted by Gasteiger charge is -2.38. The summed E-state index contributed by atoms with van der Waals surface area (Å²) >= 11 is 1.49. The van der Waals surface area contributed by atoms with Crippen LogP contribution >= 0.6 is 11.8 Å². The molecule has 0 spiro atoms. The Morgan fingerprint density at radius 3 is 2.47 bits per heavy atom. The number of halogens is 1. The largest absolute Gasteiger partial charge is 0.497 e. The molecule has 34 heavy (non-hydrogen) atoms. The first kappa shape index (κ1) is 20.8. The molecular formula is C26H21FN4O2S. The molecule has 8 heteroatoms. The molecule has 2 atom stereocenters. The number of benzene rings is 3. The fraction of sp³-hybridized carbons (Fsp3) is 0.154. The summed E-state index contributed by atoms with van der Waals surface area (Å²) in [6.45, 7) is 0. The zero-order valence-electron chi connectivity index (χ0n) is 18.5. The summed E-state index contributed by atoms with van der Waals surface area (Å²) < 4.78 is 27.6. The molecular weight excluding hydrogens is 451 g/mol. The number of methoxy groups -OCH3 is 1. The molecule has 170 valence electrons. The van der Waals surface area contributed by atoms with Crippen LogP contribution in [-0.4, -0.2) is 28.1 Å². The van der Waals surface area contributed by atoms with Crippen molar-refractivity contribution in [2.45, 2.75) is 17.3 Å². The highest BCUT2D eigenvalue weighted by molar-refractivity contribution is 7.98. The van der Waals surface area contributed by atoms with Crippen molar-refractivity contribution >= 4 is 23.4 Å². The standard InChI is InChI=1S/C26H21FN4O2S/c1-32-18-13-9-15(10-14-18)23-21-22(28-25-29-26(34-2)30-31(23)25)19-5-3-4-6-20(19)33-24(21)16-7-11-17(27)12-8-16/h3-14,23-24H,1-2H3,(H,28,29,30)/t23-,24-/m0/s1. The molecule has 1 aromatic heterocycles. The second-order valence-electron chi connectivity index (χ2n) is 8.04. The van der Waals surface area contributed by atoms with Crippen LogP contribution in [0.1, 0.15) is 28.8 Å². The highest BCUT2D eigenvalue weighted by Gasteiger charge is 2.41. The first-order valence-electron chi connectivity index (χ1n) is 10.8. The molecule has 0 saturated heterocycles. The molecule has 0 saturated carbocycles. The minimum Gasteiger partial charge on any atom is -0.497 e. The second-order valence-corrected chi connectivity index (χ2v) is 8.82. The number of nitrogens with one attached hydrogen (secondary N) is 1. The number of fused-ring (bicyclic) bond motifs is 3. The van der Waals surface area contributed by atoms with Gasteiger partial charge in [0, 0.05) is 11.1 Å². The van der Waals surface area contributed by atoms with E-state index in [0.717, 1.165) is 39.5 Å². The molecule has 2 aliphatic rings. The summed E-state index contributed by atoms with van der Waals surface area (Å²) in [6.07, 6.45) is 1.51. The molecule has 0 aliphatic carbocycles. The number of nitrogens with zero attached hydrogens (tertiary/aromatic N) is 3. The Labute approximate surface area is 200 Å². The summed E-state index contributed by atoms with van der Waals surface area (Å²) in [5.74, 6) is 1.91. The Kier molecular flexibility index (Phi) is 5.03. The van der Waals surface area contributed by atoms with Crippen LogP contribution in [0.2, 0.25) is 0 Å². The Morgan fingerprint density at radius 1 is 1.00 bits per heavy atom. The van der Waals surface area contributed by atoms with Crippen molar-refractivity contribution in [3.8, 4) is 11.5 Å². The highest BCUT2D eigenvalue weighted by atomic mass is 32.2. The Bertz CT molecular complexity index is 1400. The molecule has 2 aliphatic heterocycles. The molecule has 3 aromatic carbocycles. The van der Waals surface area contributed by atoms with Gasteiger partial charge in [-0.3, -0.25) is 0 Å². The van der Waals surface area contributed by atoms with E-state index in [4.69, 9.17) is 19.6 Å². The highest BCUT2D eigenvalue weighted by Crippen LogP contribution is 2.50. The maximum Gasteiger partial charge on any atom is 0.227 e. The predicted molar refractivity (Wildman–Crippen MR) is 130 cm³/mol. The molecule has 3 heterocycles. The fourth-order valence-corrected chi connectivity index (χ4v) is 4.91. The summed E-state index contributed by atoms with van der Waals surface area (Å²) in [7, 11) is 1.65. The van der Waals surface area contributed by atoms with E-state index in [2.05, 4.69) is 5.32 Å². The van der Waals surface area contributed by atoms with Gasteiger partial charge in [0.15, 0.2) is 0 Å². The van der Waals surface area contributed by atoms with Gasteiger partial charge in [0.1, 0.15) is 29.5 Å². The Balaban J connectivity index is 1.61. The number of anilines is 1. The zero-order chi connectivity index (χ0) is 23.2. The fourth-order valence-electron chi connectivity index (χ4n) is 4.56. The van der Waals surface area contributed by atoms with Gasteiger partial charge in [-0.2, -0.15) is 4.98 Å². The van der Waals surface area contributed by atoms with Gasteiger partial charge in [0.2, 0.25) is 11.1 Å². The first-order chi connectivity index (χ1) is 16.7. The maximum atomic E-state index is 13.8. The van der Waals surface area contributed by atoms with Crippen LogP contribution in [-0.2, 0) is 0 Å². The molecule has 0 fully saturated rings. The van der Waals surface area contributed by atoms with Crippen LogP contribution in [0.3, 0.4) is 0 Å². The minimum absolute atomic E-state index is 0.283. The molecule has 0 amide bonds. The number of hydrogen-bond donors (Lipinski definition) is 1. The van der Waals surface area contributed by atoms with Gasteiger partial charge in [-0.25, -0.2) is 9.07 Å². The van der Waals surface area contributed by atoms with E-state index in [1.54, 1.807) is 19.2 Å². The predicted octanol–water partition coefficient (Wildman–Crippen LogP) is 5.71. The van der Waals surface area contributed by atoms with Crippen LogP contribution < -0.4 is 14.8 Å². The molecule has 0 unspecified atom stereocenters. The third-order valence-corrected chi connectivity index (χ3v) is 6.69. The van der Waals surface area contributed by atoms with E-state index in [1.807, 2.05) is 59.5 Å². The van der Waals surface area contributed by atoms with Gasteiger partial charge < -0.3 is 14.8 Å². The number of thioether (sulfide) groups is 1. The van der Waals surface area contributed by atoms with Crippen LogP contribution in [0.4, 0.5) is 10.3 Å². The van der Waals surface area contributed by atoms with Crippen molar-refractivity contribution in [3.63, 3.8) is 0 Å². The van der Waals surface area contributed by atoms with E-state index in [1.165, 1.54) is 23.9 Å². The summed E-state index contributed by atoms with van der Waals surface area (Å²) in [4.78, 5) is 4.71. The van der Waals surface area contributed by atoms with Gasteiger partial charge in [-0.1, -0.05) is 48.2 Å². The molecule has 6 nitrogen and oxygen atoms in total. The third kappa shape index (κ3) is 3.33. The zero-order valence-corrected chi connectivity index (χ0v) is 19.3. The lowest BCUT2D eigenvalue weighted by atomic mass is 9.84. The average Bonchev–Trinajstić information content (AvgIpc) is 3.30. The monoisotopic (exact) mass is 472 g/mol. The number of ether oxygens (including phenoxy) is 2. The first-order valence-corrected chi connectivity index (χ1v) is 12.1. The van der Waals surface area contributed by atoms with E-state index in [-0.39, 0.29) is 11.9 Å². The molecule has 0 bridgehead atoms. The Hall–Kier alpha value is -3.78. The van der Waals surface area contributed by atoms with Crippen LogP contribution in [0.5, 0.6) is 11.5 Å². The van der Waals surface area contributed by atoms with E-state index >= 15 is 0 Å². The average molecular weight is 473 g/mol. The molecule has 1 N–H and O–H groups in total. The number of hydrogen-bond acceptors (Lipinski definition) is 6.